The molecule has 0 aromatic heterocycles. The number of nitrogens with zero attached hydrogens (tertiary/aromatic N) is 1. The third kappa shape index (κ3) is 4.17. The zero-order chi connectivity index (χ0) is 23.8. The summed E-state index contributed by atoms with van der Waals surface area (Å²) in [6.45, 7) is 0.372. The highest BCUT2D eigenvalue weighted by Gasteiger charge is 2.45. The molecule has 2 aliphatic rings. The number of rotatable bonds is 5. The summed E-state index contributed by atoms with van der Waals surface area (Å²) in [4.78, 5) is 27.6. The van der Waals surface area contributed by atoms with Crippen molar-refractivity contribution in [1.29, 1.82) is 0 Å². The van der Waals surface area contributed by atoms with E-state index < -0.39 is 23.6 Å². The van der Waals surface area contributed by atoms with Crippen LogP contribution in [0.15, 0.2) is 60.7 Å². The Morgan fingerprint density at radius 2 is 1.76 bits per heavy atom. The van der Waals surface area contributed by atoms with Gasteiger partial charge in [0, 0.05) is 29.7 Å². The molecule has 0 aliphatic carbocycles. The predicted molar refractivity (Wildman–Crippen MR) is 121 cm³/mol. The number of hydrogen-bond donors (Lipinski definition) is 1. The number of carbonyl (C=O) groups is 2. The van der Waals surface area contributed by atoms with Crippen molar-refractivity contribution >= 4 is 29.1 Å². The zero-order valence-electron chi connectivity index (χ0n) is 17.8. The van der Waals surface area contributed by atoms with E-state index in [1.165, 1.54) is 11.0 Å². The fourth-order valence-corrected chi connectivity index (χ4v) is 4.45. The summed E-state index contributed by atoms with van der Waals surface area (Å²) < 4.78 is 38.2. The van der Waals surface area contributed by atoms with Crippen LogP contribution in [0, 0.1) is 17.6 Å². The lowest BCUT2D eigenvalue weighted by Gasteiger charge is -2.28. The van der Waals surface area contributed by atoms with E-state index in [0.29, 0.717) is 22.1 Å². The quantitative estimate of drug-likeness (QED) is 0.567. The van der Waals surface area contributed by atoms with Crippen LogP contribution in [-0.2, 0) is 16.1 Å². The topological polar surface area (TPSA) is 67.9 Å². The molecule has 2 amide bonds. The Morgan fingerprint density at radius 3 is 2.53 bits per heavy atom. The van der Waals surface area contributed by atoms with Crippen LogP contribution in [0.3, 0.4) is 0 Å². The van der Waals surface area contributed by atoms with Gasteiger partial charge in [0.1, 0.15) is 0 Å². The molecule has 1 N–H and O–H groups in total. The molecular weight excluding hydrogens is 466 g/mol. The number of hydrogen-bond acceptors (Lipinski definition) is 4. The number of ether oxygens (including phenoxy) is 2. The average Bonchev–Trinajstić information content (AvgIpc) is 3.43. The molecule has 3 aromatic carbocycles. The molecule has 0 spiro atoms. The number of nitrogens with one attached hydrogen (secondary N) is 1. The van der Waals surface area contributed by atoms with Gasteiger partial charge in [0.05, 0.1) is 12.0 Å². The lowest BCUT2D eigenvalue weighted by molar-refractivity contribution is -0.127. The minimum Gasteiger partial charge on any atom is -0.454 e. The Bertz CT molecular complexity index is 1270. The number of anilines is 1. The van der Waals surface area contributed by atoms with E-state index in [0.717, 1.165) is 17.7 Å². The standard InChI is InChI=1S/C25H19ClF2N2O4/c26-16-4-2-15(3-5-16)24-18(11-23(31)30(24)17-6-7-19(27)20(28)10-17)25(32)29-12-14-1-8-21-22(9-14)34-13-33-21/h1-10,18,24H,11-13H2,(H,29,32)/t18-,24+/m0/s1. The van der Waals surface area contributed by atoms with Gasteiger partial charge in [-0.15, -0.1) is 0 Å². The molecule has 0 bridgehead atoms. The van der Waals surface area contributed by atoms with Crippen LogP contribution in [0.1, 0.15) is 23.6 Å². The van der Waals surface area contributed by atoms with E-state index in [1.807, 2.05) is 6.07 Å². The van der Waals surface area contributed by atoms with Crippen LogP contribution < -0.4 is 19.7 Å². The first-order valence-electron chi connectivity index (χ1n) is 10.6. The highest BCUT2D eigenvalue weighted by molar-refractivity contribution is 6.30. The first kappa shape index (κ1) is 22.2. The fourth-order valence-electron chi connectivity index (χ4n) is 4.32. The van der Waals surface area contributed by atoms with Crippen LogP contribution in [0.5, 0.6) is 11.5 Å². The van der Waals surface area contributed by atoms with E-state index in [4.69, 9.17) is 21.1 Å². The van der Waals surface area contributed by atoms with Gasteiger partial charge in [-0.1, -0.05) is 29.8 Å². The van der Waals surface area contributed by atoms with Gasteiger partial charge in [-0.2, -0.15) is 0 Å². The minimum absolute atomic E-state index is 0.0841. The molecule has 2 atom stereocenters. The third-order valence-electron chi connectivity index (χ3n) is 5.96. The summed E-state index contributed by atoms with van der Waals surface area (Å²) in [5.41, 5.74) is 1.64. The maximum absolute atomic E-state index is 14.0. The molecule has 174 valence electrons. The Labute approximate surface area is 199 Å². The van der Waals surface area contributed by atoms with Gasteiger partial charge in [0.25, 0.3) is 0 Å². The molecule has 0 radical (unpaired) electrons. The molecule has 1 fully saturated rings. The van der Waals surface area contributed by atoms with E-state index in [-0.39, 0.29) is 37.3 Å². The molecule has 6 nitrogen and oxygen atoms in total. The first-order valence-corrected chi connectivity index (χ1v) is 11.0. The number of amides is 2. The monoisotopic (exact) mass is 484 g/mol. The lowest BCUT2D eigenvalue weighted by Crippen LogP contribution is -2.35. The molecule has 0 unspecified atom stereocenters. The van der Waals surface area contributed by atoms with Crippen molar-refractivity contribution in [3.05, 3.63) is 88.4 Å². The summed E-state index contributed by atoms with van der Waals surface area (Å²) >= 11 is 6.03. The Morgan fingerprint density at radius 1 is 1.00 bits per heavy atom. The second-order valence-electron chi connectivity index (χ2n) is 8.07. The first-order chi connectivity index (χ1) is 16.4. The van der Waals surface area contributed by atoms with Gasteiger partial charge in [0.15, 0.2) is 23.1 Å². The van der Waals surface area contributed by atoms with Crippen LogP contribution in [0.25, 0.3) is 0 Å². The van der Waals surface area contributed by atoms with Crippen molar-refractivity contribution in [2.24, 2.45) is 5.92 Å². The highest BCUT2D eigenvalue weighted by Crippen LogP contribution is 2.42. The molecule has 3 aromatic rings. The third-order valence-corrected chi connectivity index (χ3v) is 6.21. The van der Waals surface area contributed by atoms with Gasteiger partial charge in [-0.3, -0.25) is 9.59 Å². The zero-order valence-corrected chi connectivity index (χ0v) is 18.5. The molecule has 5 rings (SSSR count). The number of carbonyl (C=O) groups excluding carboxylic acids is 2. The van der Waals surface area contributed by atoms with Crippen molar-refractivity contribution in [2.45, 2.75) is 19.0 Å². The number of fused-ring (bicyclic) bond motifs is 1. The summed E-state index contributed by atoms with van der Waals surface area (Å²) in [6, 6.07) is 14.7. The lowest BCUT2D eigenvalue weighted by atomic mass is 9.92. The smallest absolute Gasteiger partial charge is 0.231 e. The Kier molecular flexibility index (Phi) is 5.83. The van der Waals surface area contributed by atoms with Crippen molar-refractivity contribution in [2.75, 3.05) is 11.7 Å². The molecule has 2 aliphatic heterocycles. The van der Waals surface area contributed by atoms with Gasteiger partial charge in [-0.25, -0.2) is 8.78 Å². The van der Waals surface area contributed by atoms with E-state index >= 15 is 0 Å². The van der Waals surface area contributed by atoms with E-state index in [1.54, 1.807) is 36.4 Å². The number of benzene rings is 3. The SMILES string of the molecule is O=C(NCc1ccc2c(c1)OCO2)[C@H]1CC(=O)N(c2ccc(F)c(F)c2)[C@@H]1c1ccc(Cl)cc1. The second-order valence-corrected chi connectivity index (χ2v) is 8.51. The average molecular weight is 485 g/mol. The van der Waals surface area contributed by atoms with Crippen molar-refractivity contribution < 1.29 is 27.8 Å². The van der Waals surface area contributed by atoms with Gasteiger partial charge < -0.3 is 19.7 Å². The molecule has 34 heavy (non-hydrogen) atoms. The Balaban J connectivity index is 1.42. The van der Waals surface area contributed by atoms with Crippen molar-refractivity contribution in [3.8, 4) is 11.5 Å². The minimum atomic E-state index is -1.07. The predicted octanol–water partition coefficient (Wildman–Crippen LogP) is 4.76. The van der Waals surface area contributed by atoms with Crippen molar-refractivity contribution in [3.63, 3.8) is 0 Å². The summed E-state index contributed by atoms with van der Waals surface area (Å²) in [6.07, 6.45) is -0.0841. The molecular formula is C25H19ClF2N2O4. The maximum Gasteiger partial charge on any atom is 0.231 e. The molecule has 2 heterocycles. The second kappa shape index (κ2) is 8.95. The van der Waals surface area contributed by atoms with E-state index in [2.05, 4.69) is 5.32 Å². The van der Waals surface area contributed by atoms with Crippen LogP contribution in [0.4, 0.5) is 14.5 Å². The van der Waals surface area contributed by atoms with E-state index in [9.17, 15) is 18.4 Å². The summed E-state index contributed by atoms with van der Waals surface area (Å²) in [5, 5.41) is 3.38. The van der Waals surface area contributed by atoms with Gasteiger partial charge in [0.2, 0.25) is 18.6 Å². The number of halogens is 3. The van der Waals surface area contributed by atoms with Gasteiger partial charge in [-0.05, 0) is 47.5 Å². The van der Waals surface area contributed by atoms with Crippen LogP contribution in [-0.4, -0.2) is 18.6 Å². The molecule has 9 heteroatoms. The normalized spacial score (nSPS) is 18.9. The largest absolute Gasteiger partial charge is 0.454 e. The summed E-state index contributed by atoms with van der Waals surface area (Å²) in [7, 11) is 0. The molecule has 1 saturated heterocycles. The fraction of sp³-hybridized carbons (Fsp3) is 0.200. The molecule has 0 saturated carbocycles. The van der Waals surface area contributed by atoms with Crippen LogP contribution in [0.2, 0.25) is 5.02 Å². The highest BCUT2D eigenvalue weighted by atomic mass is 35.5. The summed E-state index contributed by atoms with van der Waals surface area (Å²) in [5.74, 6) is -2.30. The maximum atomic E-state index is 14.0. The van der Waals surface area contributed by atoms with Crippen molar-refractivity contribution in [1.82, 2.24) is 5.32 Å². The van der Waals surface area contributed by atoms with Gasteiger partial charge >= 0.3 is 0 Å². The van der Waals surface area contributed by atoms with Crippen LogP contribution >= 0.6 is 11.6 Å². The Hall–Kier alpha value is -3.65.